The van der Waals surface area contributed by atoms with Crippen LogP contribution in [0.25, 0.3) is 50.1 Å². The Bertz CT molecular complexity index is 2550. The van der Waals surface area contributed by atoms with Crippen LogP contribution in [-0.4, -0.2) is 4.57 Å². The molecule has 8 aromatic rings. The van der Waals surface area contributed by atoms with Gasteiger partial charge in [-0.05, 0) is 127 Å². The molecule has 1 aliphatic heterocycles. The maximum Gasteiger partial charge on any atom is 0.0632 e. The molecular formula is C50H42N2. The lowest BCUT2D eigenvalue weighted by Crippen LogP contribution is -2.19. The van der Waals surface area contributed by atoms with E-state index < -0.39 is 0 Å². The monoisotopic (exact) mass is 670 g/mol. The standard InChI is InChI=1S/C50H42N2/c1-33-13-17-39(18-14-33)47-29-41-31-50-42(32-49(41)51(47)43-25-21-37(22-26-43)45-11-7-5-9-35(45)3)30-48(40-19-15-34(2)16-20-40)52(50)44-27-23-38(24-28-44)46-12-8-6-10-36(46)4/h5-29,31-32,48H,30H2,1-4H3. The van der Waals surface area contributed by atoms with Gasteiger partial charge in [0.25, 0.3) is 0 Å². The van der Waals surface area contributed by atoms with E-state index in [1.165, 1.54) is 94.9 Å². The number of rotatable bonds is 6. The Kier molecular flexibility index (Phi) is 7.89. The fourth-order valence-electron chi connectivity index (χ4n) is 8.12. The second kappa shape index (κ2) is 12.9. The average Bonchev–Trinajstić information content (AvgIpc) is 3.73. The molecule has 1 unspecified atom stereocenters. The first-order chi connectivity index (χ1) is 25.4. The molecule has 1 aromatic heterocycles. The molecule has 1 aliphatic rings. The fraction of sp³-hybridized carbons (Fsp3) is 0.120. The third kappa shape index (κ3) is 5.61. The van der Waals surface area contributed by atoms with Crippen LogP contribution in [0.3, 0.4) is 0 Å². The molecule has 0 amide bonds. The first kappa shape index (κ1) is 31.8. The summed E-state index contributed by atoms with van der Waals surface area (Å²) < 4.78 is 2.46. The summed E-state index contributed by atoms with van der Waals surface area (Å²) in [5.74, 6) is 0. The van der Waals surface area contributed by atoms with E-state index in [1.807, 2.05) is 0 Å². The number of benzene rings is 7. The van der Waals surface area contributed by atoms with E-state index in [4.69, 9.17) is 0 Å². The molecule has 52 heavy (non-hydrogen) atoms. The molecular weight excluding hydrogens is 629 g/mol. The summed E-state index contributed by atoms with van der Waals surface area (Å²) in [7, 11) is 0. The van der Waals surface area contributed by atoms with Gasteiger partial charge in [-0.1, -0.05) is 132 Å². The number of anilines is 2. The fourth-order valence-corrected chi connectivity index (χ4v) is 8.12. The molecule has 0 radical (unpaired) electrons. The lowest BCUT2D eigenvalue weighted by atomic mass is 9.99. The van der Waals surface area contributed by atoms with Crippen molar-refractivity contribution < 1.29 is 0 Å². The molecule has 0 saturated carbocycles. The van der Waals surface area contributed by atoms with Crippen LogP contribution in [0.15, 0.2) is 164 Å². The van der Waals surface area contributed by atoms with E-state index in [9.17, 15) is 0 Å². The molecule has 0 bridgehead atoms. The molecule has 9 rings (SSSR count). The SMILES string of the molecule is Cc1ccc(-c2cc3cc4c(cc3n2-c2ccc(-c3ccccc3C)cc2)CC(c2ccc(C)cc2)N4c2ccc(-c3ccccc3C)cc2)cc1. The van der Waals surface area contributed by atoms with Gasteiger partial charge in [0.15, 0.2) is 0 Å². The summed E-state index contributed by atoms with van der Waals surface area (Å²) in [4.78, 5) is 2.57. The molecule has 0 saturated heterocycles. The van der Waals surface area contributed by atoms with Crippen molar-refractivity contribution in [3.63, 3.8) is 0 Å². The first-order valence-electron chi connectivity index (χ1n) is 18.3. The zero-order chi connectivity index (χ0) is 35.3. The number of fused-ring (bicyclic) bond motifs is 2. The van der Waals surface area contributed by atoms with Crippen LogP contribution in [-0.2, 0) is 6.42 Å². The van der Waals surface area contributed by atoms with Crippen LogP contribution >= 0.6 is 0 Å². The summed E-state index contributed by atoms with van der Waals surface area (Å²) in [5.41, 5.74) is 20.2. The Hall–Kier alpha value is -6.12. The van der Waals surface area contributed by atoms with Gasteiger partial charge in [0.1, 0.15) is 0 Å². The number of aryl methyl sites for hydroxylation is 4. The maximum absolute atomic E-state index is 2.57. The molecule has 252 valence electrons. The Morgan fingerprint density at radius 3 is 1.58 bits per heavy atom. The smallest absolute Gasteiger partial charge is 0.0632 e. The van der Waals surface area contributed by atoms with E-state index in [1.54, 1.807) is 0 Å². The molecule has 0 fully saturated rings. The average molecular weight is 671 g/mol. The molecule has 7 aromatic carbocycles. The van der Waals surface area contributed by atoms with Gasteiger partial charge >= 0.3 is 0 Å². The number of hydrogen-bond acceptors (Lipinski definition) is 1. The van der Waals surface area contributed by atoms with E-state index in [0.717, 1.165) is 6.42 Å². The van der Waals surface area contributed by atoms with Crippen molar-refractivity contribution in [2.75, 3.05) is 4.90 Å². The molecule has 1 atom stereocenters. The minimum Gasteiger partial charge on any atom is -0.333 e. The van der Waals surface area contributed by atoms with Crippen LogP contribution in [0.5, 0.6) is 0 Å². The Morgan fingerprint density at radius 2 is 1.00 bits per heavy atom. The van der Waals surface area contributed by atoms with E-state index in [0.29, 0.717) is 0 Å². The van der Waals surface area contributed by atoms with E-state index in [2.05, 4.69) is 201 Å². The molecule has 2 heterocycles. The predicted octanol–water partition coefficient (Wildman–Crippen LogP) is 13.3. The van der Waals surface area contributed by atoms with Crippen molar-refractivity contribution in [3.05, 3.63) is 197 Å². The largest absolute Gasteiger partial charge is 0.333 e. The Balaban J connectivity index is 1.20. The molecule has 2 nitrogen and oxygen atoms in total. The highest BCUT2D eigenvalue weighted by molar-refractivity contribution is 5.94. The highest BCUT2D eigenvalue weighted by Crippen LogP contribution is 2.48. The van der Waals surface area contributed by atoms with Gasteiger partial charge in [-0.15, -0.1) is 0 Å². The maximum atomic E-state index is 2.57. The van der Waals surface area contributed by atoms with Gasteiger partial charge in [-0.25, -0.2) is 0 Å². The zero-order valence-corrected chi connectivity index (χ0v) is 30.3. The molecule has 0 N–H and O–H groups in total. The van der Waals surface area contributed by atoms with Gasteiger partial charge < -0.3 is 9.47 Å². The van der Waals surface area contributed by atoms with Gasteiger partial charge in [0.2, 0.25) is 0 Å². The van der Waals surface area contributed by atoms with Crippen LogP contribution in [0.2, 0.25) is 0 Å². The predicted molar refractivity (Wildman–Crippen MR) is 220 cm³/mol. The summed E-state index contributed by atoms with van der Waals surface area (Å²) in [5, 5.41) is 1.24. The molecule has 0 spiro atoms. The summed E-state index contributed by atoms with van der Waals surface area (Å²) in [6, 6.07) is 61.1. The summed E-state index contributed by atoms with van der Waals surface area (Å²) >= 11 is 0. The molecule has 2 heteroatoms. The second-order valence-electron chi connectivity index (χ2n) is 14.5. The lowest BCUT2D eigenvalue weighted by molar-refractivity contribution is 0.743. The highest BCUT2D eigenvalue weighted by atomic mass is 15.2. The van der Waals surface area contributed by atoms with Crippen molar-refractivity contribution in [2.45, 2.75) is 40.2 Å². The van der Waals surface area contributed by atoms with Gasteiger partial charge in [-0.2, -0.15) is 0 Å². The number of nitrogens with zero attached hydrogens (tertiary/aromatic N) is 2. The topological polar surface area (TPSA) is 8.17 Å². The first-order valence-corrected chi connectivity index (χ1v) is 18.3. The van der Waals surface area contributed by atoms with Gasteiger partial charge in [-0.3, -0.25) is 0 Å². The minimum absolute atomic E-state index is 0.199. The van der Waals surface area contributed by atoms with Crippen LogP contribution in [0, 0.1) is 27.7 Å². The normalized spacial score (nSPS) is 13.8. The van der Waals surface area contributed by atoms with Crippen LogP contribution in [0.4, 0.5) is 11.4 Å². The summed E-state index contributed by atoms with van der Waals surface area (Å²) in [6.45, 7) is 8.69. The highest BCUT2D eigenvalue weighted by Gasteiger charge is 2.33. The number of aromatic nitrogens is 1. The van der Waals surface area contributed by atoms with E-state index in [-0.39, 0.29) is 6.04 Å². The van der Waals surface area contributed by atoms with Gasteiger partial charge in [0, 0.05) is 22.4 Å². The van der Waals surface area contributed by atoms with Crippen molar-refractivity contribution in [1.82, 2.24) is 4.57 Å². The second-order valence-corrected chi connectivity index (χ2v) is 14.5. The lowest BCUT2D eigenvalue weighted by Gasteiger charge is -2.28. The third-order valence-corrected chi connectivity index (χ3v) is 11.0. The minimum atomic E-state index is 0.199. The Morgan fingerprint density at radius 1 is 0.481 bits per heavy atom. The Labute approximate surface area is 307 Å². The van der Waals surface area contributed by atoms with Crippen molar-refractivity contribution >= 4 is 22.3 Å². The third-order valence-electron chi connectivity index (χ3n) is 11.0. The van der Waals surface area contributed by atoms with Crippen molar-refractivity contribution in [3.8, 4) is 39.2 Å². The van der Waals surface area contributed by atoms with Crippen LogP contribution in [0.1, 0.15) is 39.4 Å². The van der Waals surface area contributed by atoms with Gasteiger partial charge in [0.05, 0.1) is 17.3 Å². The van der Waals surface area contributed by atoms with Crippen molar-refractivity contribution in [2.24, 2.45) is 0 Å². The molecule has 0 aliphatic carbocycles. The number of hydrogen-bond donors (Lipinski definition) is 0. The van der Waals surface area contributed by atoms with E-state index >= 15 is 0 Å². The summed E-state index contributed by atoms with van der Waals surface area (Å²) in [6.07, 6.45) is 0.936. The quantitative estimate of drug-likeness (QED) is 0.171. The zero-order valence-electron chi connectivity index (χ0n) is 30.3. The van der Waals surface area contributed by atoms with Crippen LogP contribution < -0.4 is 4.90 Å². The van der Waals surface area contributed by atoms with Crippen molar-refractivity contribution in [1.29, 1.82) is 0 Å².